The topological polar surface area (TPSA) is 54.5 Å². The lowest BCUT2D eigenvalue weighted by Crippen LogP contribution is -2.32. The number of likely N-dealkylation sites (tertiary alicyclic amines) is 1. The molecule has 0 aliphatic carbocycles. The SMILES string of the molecule is CC(C)N1C[C@H]2C[C@@H](CC(=O)NCc3cccnc3)O[C@H]2C1. The number of carbonyl (C=O) groups excluding carboxylic acids is 1. The number of aromatic nitrogens is 1. The Bertz CT molecular complexity index is 492. The van der Waals surface area contributed by atoms with E-state index in [1.54, 1.807) is 12.4 Å². The zero-order chi connectivity index (χ0) is 15.5. The molecule has 0 spiro atoms. The fourth-order valence-corrected chi connectivity index (χ4v) is 3.43. The Labute approximate surface area is 132 Å². The van der Waals surface area contributed by atoms with Crippen LogP contribution in [0.5, 0.6) is 0 Å². The number of ether oxygens (including phenoxy) is 1. The zero-order valence-corrected chi connectivity index (χ0v) is 13.4. The molecule has 120 valence electrons. The summed E-state index contributed by atoms with van der Waals surface area (Å²) in [4.78, 5) is 18.6. The molecule has 2 aliphatic heterocycles. The molecule has 0 unspecified atom stereocenters. The van der Waals surface area contributed by atoms with Crippen LogP contribution < -0.4 is 5.32 Å². The summed E-state index contributed by atoms with van der Waals surface area (Å²) >= 11 is 0. The Balaban J connectivity index is 1.41. The van der Waals surface area contributed by atoms with Gasteiger partial charge < -0.3 is 10.1 Å². The molecule has 2 saturated heterocycles. The van der Waals surface area contributed by atoms with E-state index in [9.17, 15) is 4.79 Å². The fourth-order valence-electron chi connectivity index (χ4n) is 3.43. The van der Waals surface area contributed by atoms with Gasteiger partial charge in [0.15, 0.2) is 0 Å². The first kappa shape index (κ1) is 15.4. The fraction of sp³-hybridized carbons (Fsp3) is 0.647. The van der Waals surface area contributed by atoms with Gasteiger partial charge in [0.1, 0.15) is 0 Å². The van der Waals surface area contributed by atoms with Crippen molar-refractivity contribution in [2.45, 2.75) is 51.5 Å². The van der Waals surface area contributed by atoms with Crippen LogP contribution in [0.15, 0.2) is 24.5 Å². The van der Waals surface area contributed by atoms with Gasteiger partial charge in [-0.05, 0) is 31.9 Å². The van der Waals surface area contributed by atoms with E-state index < -0.39 is 0 Å². The lowest BCUT2D eigenvalue weighted by molar-refractivity contribution is -0.124. The van der Waals surface area contributed by atoms with Gasteiger partial charge in [-0.1, -0.05) is 6.07 Å². The zero-order valence-electron chi connectivity index (χ0n) is 13.4. The molecule has 5 nitrogen and oxygen atoms in total. The van der Waals surface area contributed by atoms with Gasteiger partial charge in [0.05, 0.1) is 18.6 Å². The maximum absolute atomic E-state index is 12.0. The predicted molar refractivity (Wildman–Crippen MR) is 84.2 cm³/mol. The van der Waals surface area contributed by atoms with Crippen LogP contribution >= 0.6 is 0 Å². The van der Waals surface area contributed by atoms with Crippen molar-refractivity contribution in [2.75, 3.05) is 13.1 Å². The molecule has 22 heavy (non-hydrogen) atoms. The monoisotopic (exact) mass is 303 g/mol. The average molecular weight is 303 g/mol. The van der Waals surface area contributed by atoms with Crippen LogP contribution in [0.25, 0.3) is 0 Å². The highest BCUT2D eigenvalue weighted by molar-refractivity contribution is 5.76. The number of rotatable bonds is 5. The number of carbonyl (C=O) groups is 1. The van der Waals surface area contributed by atoms with Crippen LogP contribution in [0.2, 0.25) is 0 Å². The first-order chi connectivity index (χ1) is 10.6. The van der Waals surface area contributed by atoms with Crippen molar-refractivity contribution < 1.29 is 9.53 Å². The lowest BCUT2D eigenvalue weighted by atomic mass is 10.0. The molecular formula is C17H25N3O2. The Kier molecular flexibility index (Phi) is 4.74. The van der Waals surface area contributed by atoms with Gasteiger partial charge in [-0.25, -0.2) is 0 Å². The molecule has 2 fully saturated rings. The molecule has 0 bridgehead atoms. The highest BCUT2D eigenvalue weighted by Crippen LogP contribution is 2.34. The van der Waals surface area contributed by atoms with Crippen molar-refractivity contribution in [3.63, 3.8) is 0 Å². The van der Waals surface area contributed by atoms with E-state index >= 15 is 0 Å². The highest BCUT2D eigenvalue weighted by atomic mass is 16.5. The molecule has 1 N–H and O–H groups in total. The van der Waals surface area contributed by atoms with Crippen molar-refractivity contribution in [1.29, 1.82) is 0 Å². The van der Waals surface area contributed by atoms with Crippen LogP contribution in [-0.4, -0.2) is 47.1 Å². The highest BCUT2D eigenvalue weighted by Gasteiger charge is 2.42. The van der Waals surface area contributed by atoms with Crippen LogP contribution in [0.1, 0.15) is 32.3 Å². The molecule has 0 saturated carbocycles. The molecule has 1 amide bonds. The van der Waals surface area contributed by atoms with Crippen molar-refractivity contribution in [3.05, 3.63) is 30.1 Å². The van der Waals surface area contributed by atoms with E-state index in [1.807, 2.05) is 12.1 Å². The van der Waals surface area contributed by atoms with Crippen molar-refractivity contribution >= 4 is 5.91 Å². The largest absolute Gasteiger partial charge is 0.373 e. The molecule has 0 aromatic carbocycles. The average Bonchev–Trinajstić information content (AvgIpc) is 3.04. The van der Waals surface area contributed by atoms with Crippen LogP contribution in [0.4, 0.5) is 0 Å². The third-order valence-corrected chi connectivity index (χ3v) is 4.70. The van der Waals surface area contributed by atoms with Gasteiger partial charge in [0.2, 0.25) is 5.91 Å². The molecule has 1 aromatic rings. The van der Waals surface area contributed by atoms with Crippen molar-refractivity contribution in [2.24, 2.45) is 5.92 Å². The minimum Gasteiger partial charge on any atom is -0.373 e. The number of pyridine rings is 1. The van der Waals surface area contributed by atoms with E-state index in [0.29, 0.717) is 31.0 Å². The summed E-state index contributed by atoms with van der Waals surface area (Å²) in [5.74, 6) is 0.660. The molecule has 3 heterocycles. The third kappa shape index (κ3) is 3.65. The quantitative estimate of drug-likeness (QED) is 0.897. The number of amides is 1. The van der Waals surface area contributed by atoms with E-state index in [-0.39, 0.29) is 12.0 Å². The smallest absolute Gasteiger partial charge is 0.222 e. The Hall–Kier alpha value is -1.46. The van der Waals surface area contributed by atoms with E-state index in [4.69, 9.17) is 4.74 Å². The normalized spacial score (nSPS) is 28.0. The van der Waals surface area contributed by atoms with E-state index in [1.165, 1.54) is 0 Å². The van der Waals surface area contributed by atoms with Crippen LogP contribution in [0, 0.1) is 5.92 Å². The Morgan fingerprint density at radius 3 is 3.05 bits per heavy atom. The summed E-state index contributed by atoms with van der Waals surface area (Å²) < 4.78 is 6.07. The van der Waals surface area contributed by atoms with Gasteiger partial charge in [0.25, 0.3) is 0 Å². The number of fused-ring (bicyclic) bond motifs is 1. The predicted octanol–water partition coefficient (Wildman–Crippen LogP) is 1.59. The van der Waals surface area contributed by atoms with Crippen molar-refractivity contribution in [1.82, 2.24) is 15.2 Å². The molecule has 1 aromatic heterocycles. The molecule has 2 aliphatic rings. The van der Waals surface area contributed by atoms with Gasteiger partial charge >= 0.3 is 0 Å². The molecule has 3 rings (SSSR count). The number of hydrogen-bond acceptors (Lipinski definition) is 4. The van der Waals surface area contributed by atoms with Gasteiger partial charge in [-0.3, -0.25) is 14.7 Å². The summed E-state index contributed by atoms with van der Waals surface area (Å²) in [6, 6.07) is 4.42. The second kappa shape index (κ2) is 6.75. The Morgan fingerprint density at radius 2 is 2.36 bits per heavy atom. The van der Waals surface area contributed by atoms with Gasteiger partial charge in [-0.15, -0.1) is 0 Å². The number of hydrogen-bond donors (Lipinski definition) is 1. The number of nitrogens with zero attached hydrogens (tertiary/aromatic N) is 2. The van der Waals surface area contributed by atoms with E-state index in [0.717, 1.165) is 25.1 Å². The second-order valence-electron chi connectivity index (χ2n) is 6.68. The molecular weight excluding hydrogens is 278 g/mol. The molecule has 0 radical (unpaired) electrons. The molecule has 5 heteroatoms. The maximum Gasteiger partial charge on any atom is 0.222 e. The second-order valence-corrected chi connectivity index (χ2v) is 6.68. The van der Waals surface area contributed by atoms with E-state index in [2.05, 4.69) is 29.0 Å². The van der Waals surface area contributed by atoms with Gasteiger partial charge in [0, 0.05) is 44.0 Å². The first-order valence-corrected chi connectivity index (χ1v) is 8.17. The maximum atomic E-state index is 12.0. The summed E-state index contributed by atoms with van der Waals surface area (Å²) in [5.41, 5.74) is 1.02. The lowest BCUT2D eigenvalue weighted by Gasteiger charge is -2.22. The summed E-state index contributed by atoms with van der Waals surface area (Å²) in [6.45, 7) is 7.11. The molecule has 3 atom stereocenters. The third-order valence-electron chi connectivity index (χ3n) is 4.70. The summed E-state index contributed by atoms with van der Waals surface area (Å²) in [7, 11) is 0. The van der Waals surface area contributed by atoms with Crippen molar-refractivity contribution in [3.8, 4) is 0 Å². The minimum absolute atomic E-state index is 0.0644. The van der Waals surface area contributed by atoms with Crippen LogP contribution in [-0.2, 0) is 16.1 Å². The summed E-state index contributed by atoms with van der Waals surface area (Å²) in [5, 5.41) is 2.95. The first-order valence-electron chi connectivity index (χ1n) is 8.17. The standard InChI is InChI=1S/C17H25N3O2/c1-12(2)20-10-14-6-15(22-16(14)11-20)7-17(21)19-9-13-4-3-5-18-8-13/h3-5,8,12,14-16H,6-7,9-11H2,1-2H3,(H,19,21)/t14-,15+,16+/m1/s1. The summed E-state index contributed by atoms with van der Waals surface area (Å²) in [6.07, 6.45) is 5.38. The van der Waals surface area contributed by atoms with Gasteiger partial charge in [-0.2, -0.15) is 0 Å². The Morgan fingerprint density at radius 1 is 1.50 bits per heavy atom. The van der Waals surface area contributed by atoms with Crippen LogP contribution in [0.3, 0.4) is 0 Å². The number of nitrogens with one attached hydrogen (secondary N) is 1. The minimum atomic E-state index is 0.0644.